The van der Waals surface area contributed by atoms with Crippen LogP contribution in [0.2, 0.25) is 5.02 Å². The summed E-state index contributed by atoms with van der Waals surface area (Å²) < 4.78 is 1.64. The number of rotatable bonds is 4. The molecule has 1 aromatic heterocycles. The fraction of sp³-hybridized carbons (Fsp3) is 0.333. The summed E-state index contributed by atoms with van der Waals surface area (Å²) in [4.78, 5) is 11.2. The molecular weight excluding hydrogens is 288 g/mol. The van der Waals surface area contributed by atoms with Crippen LogP contribution in [0.25, 0.3) is 5.69 Å². The van der Waals surface area contributed by atoms with Gasteiger partial charge in [-0.1, -0.05) is 11.6 Å². The Hall–Kier alpha value is -1.85. The Bertz CT molecular complexity index is 658. The second kappa shape index (κ2) is 5.87. The minimum atomic E-state index is -0.496. The average molecular weight is 307 g/mol. The van der Waals surface area contributed by atoms with Gasteiger partial charge in [0.2, 0.25) is 0 Å². The maximum Gasteiger partial charge on any atom is 0.251 e. The third-order valence-corrected chi connectivity index (χ3v) is 3.20. The Morgan fingerprint density at radius 1 is 1.43 bits per heavy atom. The van der Waals surface area contributed by atoms with E-state index in [1.165, 1.54) is 6.20 Å². The van der Waals surface area contributed by atoms with E-state index in [2.05, 4.69) is 31.2 Å². The number of halogens is 1. The first-order valence-corrected chi connectivity index (χ1v) is 7.02. The summed E-state index contributed by atoms with van der Waals surface area (Å²) in [6, 6.07) is 5.56. The van der Waals surface area contributed by atoms with Crippen molar-refractivity contribution in [3.63, 3.8) is 0 Å². The van der Waals surface area contributed by atoms with Crippen LogP contribution < -0.4 is 11.1 Å². The first-order valence-electron chi connectivity index (χ1n) is 6.64. The predicted octanol–water partition coefficient (Wildman–Crippen LogP) is 2.51. The van der Waals surface area contributed by atoms with Gasteiger partial charge in [-0.25, -0.2) is 4.68 Å². The van der Waals surface area contributed by atoms with Crippen LogP contribution in [0.5, 0.6) is 0 Å². The van der Waals surface area contributed by atoms with Crippen LogP contribution in [0, 0.1) is 0 Å². The van der Waals surface area contributed by atoms with Crippen LogP contribution in [0.1, 0.15) is 36.7 Å². The molecule has 0 aliphatic heterocycles. The maximum atomic E-state index is 11.2. The molecule has 0 saturated carbocycles. The van der Waals surface area contributed by atoms with E-state index in [1.54, 1.807) is 16.9 Å². The van der Waals surface area contributed by atoms with E-state index < -0.39 is 5.91 Å². The highest BCUT2D eigenvalue weighted by molar-refractivity contribution is 6.30. The molecule has 0 bridgehead atoms. The van der Waals surface area contributed by atoms with Gasteiger partial charge in [0.05, 0.1) is 17.4 Å². The lowest BCUT2D eigenvalue weighted by Crippen LogP contribution is -2.35. The van der Waals surface area contributed by atoms with Crippen molar-refractivity contribution in [1.29, 1.82) is 0 Å². The van der Waals surface area contributed by atoms with Gasteiger partial charge in [0.15, 0.2) is 0 Å². The monoisotopic (exact) mass is 306 g/mol. The van der Waals surface area contributed by atoms with E-state index in [1.807, 2.05) is 12.1 Å². The summed E-state index contributed by atoms with van der Waals surface area (Å²) in [6.07, 6.45) is 3.07. The van der Waals surface area contributed by atoms with Gasteiger partial charge in [0, 0.05) is 23.3 Å². The average Bonchev–Trinajstić information content (AvgIpc) is 2.85. The number of hydrogen-bond donors (Lipinski definition) is 2. The third kappa shape index (κ3) is 4.06. The van der Waals surface area contributed by atoms with Gasteiger partial charge in [-0.05, 0) is 44.5 Å². The maximum absolute atomic E-state index is 11.2. The Kier molecular flexibility index (Phi) is 4.34. The van der Waals surface area contributed by atoms with Gasteiger partial charge < -0.3 is 11.1 Å². The molecule has 0 aliphatic carbocycles. The second-order valence-corrected chi connectivity index (χ2v) is 6.35. The highest BCUT2D eigenvalue weighted by Crippen LogP contribution is 2.20. The van der Waals surface area contributed by atoms with E-state index in [4.69, 9.17) is 17.3 Å². The van der Waals surface area contributed by atoms with Crippen molar-refractivity contribution >= 4 is 17.5 Å². The Morgan fingerprint density at radius 3 is 2.71 bits per heavy atom. The van der Waals surface area contributed by atoms with Crippen LogP contribution in [0.15, 0.2) is 30.6 Å². The van der Waals surface area contributed by atoms with Gasteiger partial charge >= 0.3 is 0 Å². The first-order chi connectivity index (χ1) is 9.76. The molecule has 3 N–H and O–H groups in total. The molecule has 6 heteroatoms. The fourth-order valence-electron chi connectivity index (χ4n) is 1.86. The summed E-state index contributed by atoms with van der Waals surface area (Å²) in [5.74, 6) is -0.496. The van der Waals surface area contributed by atoms with E-state index in [9.17, 15) is 4.79 Å². The third-order valence-electron chi connectivity index (χ3n) is 2.96. The molecule has 0 atom stereocenters. The first kappa shape index (κ1) is 15.5. The van der Waals surface area contributed by atoms with Crippen LogP contribution in [0.4, 0.5) is 0 Å². The molecule has 21 heavy (non-hydrogen) atoms. The fourth-order valence-corrected chi connectivity index (χ4v) is 2.06. The van der Waals surface area contributed by atoms with E-state index in [-0.39, 0.29) is 5.54 Å². The Labute approximate surface area is 129 Å². The number of carbonyl (C=O) groups is 1. The van der Waals surface area contributed by atoms with E-state index in [0.29, 0.717) is 17.1 Å². The van der Waals surface area contributed by atoms with Crippen molar-refractivity contribution in [2.45, 2.75) is 32.9 Å². The van der Waals surface area contributed by atoms with Crippen molar-refractivity contribution in [3.8, 4) is 5.69 Å². The molecule has 0 aliphatic rings. The molecule has 2 aromatic rings. The number of primary amides is 1. The summed E-state index contributed by atoms with van der Waals surface area (Å²) >= 11 is 6.08. The molecule has 0 fully saturated rings. The molecule has 1 amide bonds. The SMILES string of the molecule is CC(C)(C)NCc1cc(Cl)ccc1-n1cc(C(N)=O)cn1. The lowest BCUT2D eigenvalue weighted by atomic mass is 10.1. The highest BCUT2D eigenvalue weighted by atomic mass is 35.5. The second-order valence-electron chi connectivity index (χ2n) is 5.91. The van der Waals surface area contributed by atoms with Crippen molar-refractivity contribution in [1.82, 2.24) is 15.1 Å². The minimum absolute atomic E-state index is 0.0118. The van der Waals surface area contributed by atoms with Crippen molar-refractivity contribution < 1.29 is 4.79 Å². The Balaban J connectivity index is 2.35. The molecule has 1 aromatic carbocycles. The number of aromatic nitrogens is 2. The molecule has 0 spiro atoms. The molecule has 0 unspecified atom stereocenters. The largest absolute Gasteiger partial charge is 0.366 e. The topological polar surface area (TPSA) is 72.9 Å². The van der Waals surface area contributed by atoms with Gasteiger partial charge in [-0.2, -0.15) is 5.10 Å². The van der Waals surface area contributed by atoms with Crippen LogP contribution in [0.3, 0.4) is 0 Å². The molecule has 2 rings (SSSR count). The Morgan fingerprint density at radius 2 is 2.14 bits per heavy atom. The molecule has 112 valence electrons. The predicted molar refractivity (Wildman–Crippen MR) is 83.7 cm³/mol. The summed E-state index contributed by atoms with van der Waals surface area (Å²) in [6.45, 7) is 6.92. The molecular formula is C15H19ClN4O. The quantitative estimate of drug-likeness (QED) is 0.911. The number of nitrogens with one attached hydrogen (secondary N) is 1. The smallest absolute Gasteiger partial charge is 0.251 e. The van der Waals surface area contributed by atoms with Crippen molar-refractivity contribution in [2.75, 3.05) is 0 Å². The zero-order chi connectivity index (χ0) is 15.6. The highest BCUT2D eigenvalue weighted by Gasteiger charge is 2.13. The zero-order valence-corrected chi connectivity index (χ0v) is 13.1. The number of nitrogens with zero attached hydrogens (tertiary/aromatic N) is 2. The molecule has 5 nitrogen and oxygen atoms in total. The van der Waals surface area contributed by atoms with Gasteiger partial charge in [-0.15, -0.1) is 0 Å². The van der Waals surface area contributed by atoms with Crippen molar-refractivity contribution in [2.24, 2.45) is 5.73 Å². The number of amides is 1. The van der Waals surface area contributed by atoms with Crippen LogP contribution in [-0.2, 0) is 6.54 Å². The summed E-state index contributed by atoms with van der Waals surface area (Å²) in [5.41, 5.74) is 7.48. The molecule has 0 saturated heterocycles. The number of carbonyl (C=O) groups excluding carboxylic acids is 1. The standard InChI is InChI=1S/C15H19ClN4O/c1-15(2,3)18-7-10-6-12(16)4-5-13(10)20-9-11(8-19-20)14(17)21/h4-6,8-9,18H,7H2,1-3H3,(H2,17,21). The van der Waals surface area contributed by atoms with Gasteiger partial charge in [0.1, 0.15) is 0 Å². The summed E-state index contributed by atoms with van der Waals surface area (Å²) in [5, 5.41) is 8.26. The van der Waals surface area contributed by atoms with Crippen LogP contribution in [-0.4, -0.2) is 21.2 Å². The summed E-state index contributed by atoms with van der Waals surface area (Å²) in [7, 11) is 0. The number of benzene rings is 1. The van der Waals surface area contributed by atoms with E-state index >= 15 is 0 Å². The minimum Gasteiger partial charge on any atom is -0.366 e. The normalized spacial score (nSPS) is 11.6. The lowest BCUT2D eigenvalue weighted by molar-refractivity contribution is 0.100. The van der Waals surface area contributed by atoms with Crippen LogP contribution >= 0.6 is 11.6 Å². The number of nitrogens with two attached hydrogens (primary N) is 1. The molecule has 0 radical (unpaired) electrons. The lowest BCUT2D eigenvalue weighted by Gasteiger charge is -2.21. The zero-order valence-electron chi connectivity index (χ0n) is 12.4. The number of hydrogen-bond acceptors (Lipinski definition) is 3. The molecule has 1 heterocycles. The van der Waals surface area contributed by atoms with E-state index in [0.717, 1.165) is 11.3 Å². The van der Waals surface area contributed by atoms with Gasteiger partial charge in [0.25, 0.3) is 5.91 Å². The van der Waals surface area contributed by atoms with Crippen molar-refractivity contribution in [3.05, 3.63) is 46.7 Å². The van der Waals surface area contributed by atoms with Gasteiger partial charge in [-0.3, -0.25) is 4.79 Å².